The molecule has 1 N–H and O–H groups in total. The largest absolute Gasteiger partial charge is 0.369 e. The number of carbonyl (C=O) groups is 1. The van der Waals surface area contributed by atoms with E-state index in [9.17, 15) is 13.2 Å². The van der Waals surface area contributed by atoms with E-state index < -0.39 is 10.0 Å². The summed E-state index contributed by atoms with van der Waals surface area (Å²) < 4.78 is 27.1. The third-order valence-electron chi connectivity index (χ3n) is 6.47. The summed E-state index contributed by atoms with van der Waals surface area (Å²) in [6, 6.07) is 13.4. The van der Waals surface area contributed by atoms with Crippen molar-refractivity contribution < 1.29 is 13.2 Å². The molecule has 1 fully saturated rings. The van der Waals surface area contributed by atoms with Crippen molar-refractivity contribution in [1.82, 2.24) is 14.5 Å². The first kappa shape index (κ1) is 26.2. The number of rotatable bonds is 10. The van der Waals surface area contributed by atoms with Gasteiger partial charge in [-0.15, -0.1) is 0 Å². The number of hydrogen-bond donors (Lipinski definition) is 1. The minimum atomic E-state index is -3.60. The minimum absolute atomic E-state index is 0.165. The van der Waals surface area contributed by atoms with Crippen LogP contribution in [0.5, 0.6) is 0 Å². The summed E-state index contributed by atoms with van der Waals surface area (Å²) >= 11 is 0. The SMILES string of the molecule is CCN(CC)S(=O)(=O)c1ccc(C)c(C(=O)NCCCN2CCN(c3cccc(C)c3)CC2)c1. The predicted octanol–water partition coefficient (Wildman–Crippen LogP) is 3.28. The van der Waals surface area contributed by atoms with E-state index in [0.29, 0.717) is 25.2 Å². The smallest absolute Gasteiger partial charge is 0.251 e. The zero-order valence-electron chi connectivity index (χ0n) is 20.9. The Hall–Kier alpha value is -2.42. The molecule has 3 rings (SSSR count). The Balaban J connectivity index is 1.48. The second kappa shape index (κ2) is 11.8. The fourth-order valence-electron chi connectivity index (χ4n) is 4.37. The number of aryl methyl sites for hydroxylation is 2. The van der Waals surface area contributed by atoms with Crippen LogP contribution in [0.4, 0.5) is 5.69 Å². The van der Waals surface area contributed by atoms with Gasteiger partial charge in [0, 0.05) is 57.1 Å². The number of nitrogens with one attached hydrogen (secondary N) is 1. The highest BCUT2D eigenvalue weighted by molar-refractivity contribution is 7.89. The summed E-state index contributed by atoms with van der Waals surface area (Å²) in [5.74, 6) is -0.224. The van der Waals surface area contributed by atoms with Crippen LogP contribution in [-0.2, 0) is 10.0 Å². The second-order valence-corrected chi connectivity index (χ2v) is 10.8. The van der Waals surface area contributed by atoms with Gasteiger partial charge in [-0.05, 0) is 62.2 Å². The molecule has 0 aliphatic carbocycles. The Morgan fingerprint density at radius 1 is 1.00 bits per heavy atom. The van der Waals surface area contributed by atoms with E-state index in [-0.39, 0.29) is 10.8 Å². The van der Waals surface area contributed by atoms with E-state index in [1.807, 2.05) is 20.8 Å². The van der Waals surface area contributed by atoms with Gasteiger partial charge >= 0.3 is 0 Å². The monoisotopic (exact) mass is 486 g/mol. The van der Waals surface area contributed by atoms with Crippen molar-refractivity contribution >= 4 is 21.6 Å². The van der Waals surface area contributed by atoms with Gasteiger partial charge in [0.1, 0.15) is 0 Å². The summed E-state index contributed by atoms with van der Waals surface area (Å²) in [7, 11) is -3.60. The molecule has 186 valence electrons. The molecule has 0 radical (unpaired) electrons. The van der Waals surface area contributed by atoms with Gasteiger partial charge in [-0.1, -0.05) is 32.0 Å². The molecule has 0 aromatic heterocycles. The summed E-state index contributed by atoms with van der Waals surface area (Å²) in [5.41, 5.74) is 3.75. The lowest BCUT2D eigenvalue weighted by molar-refractivity contribution is 0.0950. The predicted molar refractivity (Wildman–Crippen MR) is 138 cm³/mol. The highest BCUT2D eigenvalue weighted by Gasteiger charge is 2.23. The van der Waals surface area contributed by atoms with Crippen LogP contribution >= 0.6 is 0 Å². The lowest BCUT2D eigenvalue weighted by atomic mass is 10.1. The average Bonchev–Trinajstić information content (AvgIpc) is 2.83. The van der Waals surface area contributed by atoms with Gasteiger partial charge in [-0.2, -0.15) is 4.31 Å². The van der Waals surface area contributed by atoms with Crippen molar-refractivity contribution in [3.8, 4) is 0 Å². The Labute approximate surface area is 204 Å². The van der Waals surface area contributed by atoms with Crippen LogP contribution in [0.3, 0.4) is 0 Å². The lowest BCUT2D eigenvalue weighted by Crippen LogP contribution is -2.47. The molecule has 34 heavy (non-hydrogen) atoms. The molecule has 2 aromatic rings. The number of carbonyl (C=O) groups excluding carboxylic acids is 1. The minimum Gasteiger partial charge on any atom is -0.369 e. The number of hydrogen-bond acceptors (Lipinski definition) is 5. The van der Waals surface area contributed by atoms with Gasteiger partial charge in [0.15, 0.2) is 0 Å². The first-order valence-corrected chi connectivity index (χ1v) is 13.6. The van der Waals surface area contributed by atoms with Gasteiger partial charge in [0.2, 0.25) is 10.0 Å². The Morgan fingerprint density at radius 3 is 2.35 bits per heavy atom. The average molecular weight is 487 g/mol. The van der Waals surface area contributed by atoms with Crippen molar-refractivity contribution in [3.63, 3.8) is 0 Å². The summed E-state index contributed by atoms with van der Waals surface area (Å²) in [6.45, 7) is 13.9. The van der Waals surface area contributed by atoms with Crippen LogP contribution in [0.25, 0.3) is 0 Å². The highest BCUT2D eigenvalue weighted by atomic mass is 32.2. The maximum absolute atomic E-state index is 12.8. The van der Waals surface area contributed by atoms with Crippen LogP contribution < -0.4 is 10.2 Å². The molecule has 2 aromatic carbocycles. The number of amides is 1. The maximum Gasteiger partial charge on any atom is 0.251 e. The van der Waals surface area contributed by atoms with E-state index in [1.54, 1.807) is 12.1 Å². The number of anilines is 1. The molecule has 8 heteroatoms. The van der Waals surface area contributed by atoms with Gasteiger partial charge in [-0.3, -0.25) is 9.69 Å². The molecule has 1 aliphatic rings. The second-order valence-electron chi connectivity index (χ2n) is 8.84. The molecular weight excluding hydrogens is 448 g/mol. The molecule has 0 atom stereocenters. The molecule has 7 nitrogen and oxygen atoms in total. The first-order chi connectivity index (χ1) is 16.3. The van der Waals surface area contributed by atoms with Crippen molar-refractivity contribution in [2.45, 2.75) is 39.0 Å². The van der Waals surface area contributed by atoms with Crippen molar-refractivity contribution in [1.29, 1.82) is 0 Å². The van der Waals surface area contributed by atoms with Gasteiger partial charge in [0.25, 0.3) is 5.91 Å². The summed E-state index contributed by atoms with van der Waals surface area (Å²) in [4.78, 5) is 17.8. The van der Waals surface area contributed by atoms with Crippen molar-refractivity contribution in [2.75, 3.05) is 57.3 Å². The molecule has 0 saturated carbocycles. The maximum atomic E-state index is 12.8. The van der Waals surface area contributed by atoms with Gasteiger partial charge in [0.05, 0.1) is 4.90 Å². The quantitative estimate of drug-likeness (QED) is 0.522. The van der Waals surface area contributed by atoms with E-state index in [1.165, 1.54) is 21.6 Å². The standard InChI is InChI=1S/C26H38N4O3S/c1-5-30(6-2)34(32,33)24-12-11-22(4)25(20-24)26(31)27-13-8-14-28-15-17-29(18-16-28)23-10-7-9-21(3)19-23/h7,9-12,19-20H,5-6,8,13-18H2,1-4H3,(H,27,31). The van der Waals surface area contributed by atoms with Crippen LogP contribution in [0.1, 0.15) is 41.8 Å². The zero-order valence-corrected chi connectivity index (χ0v) is 21.7. The van der Waals surface area contributed by atoms with Crippen molar-refractivity contribution in [3.05, 3.63) is 59.2 Å². The normalized spacial score (nSPS) is 15.0. The van der Waals surface area contributed by atoms with E-state index in [2.05, 4.69) is 46.3 Å². The number of sulfonamides is 1. The zero-order chi connectivity index (χ0) is 24.7. The van der Waals surface area contributed by atoms with Crippen LogP contribution in [-0.4, -0.2) is 75.9 Å². The van der Waals surface area contributed by atoms with E-state index in [0.717, 1.165) is 44.7 Å². The number of benzene rings is 2. The topological polar surface area (TPSA) is 73.0 Å². The third-order valence-corrected chi connectivity index (χ3v) is 8.52. The van der Waals surface area contributed by atoms with Crippen LogP contribution in [0.2, 0.25) is 0 Å². The van der Waals surface area contributed by atoms with Crippen LogP contribution in [0, 0.1) is 13.8 Å². The third kappa shape index (κ3) is 6.37. The molecule has 1 saturated heterocycles. The first-order valence-electron chi connectivity index (χ1n) is 12.2. The van der Waals surface area contributed by atoms with Gasteiger partial charge < -0.3 is 10.2 Å². The summed E-state index contributed by atoms with van der Waals surface area (Å²) in [5, 5.41) is 2.97. The fraction of sp³-hybridized carbons (Fsp3) is 0.500. The van der Waals surface area contributed by atoms with Gasteiger partial charge in [-0.25, -0.2) is 8.42 Å². The number of nitrogens with zero attached hydrogens (tertiary/aromatic N) is 3. The van der Waals surface area contributed by atoms with Crippen molar-refractivity contribution in [2.24, 2.45) is 0 Å². The number of piperazine rings is 1. The molecule has 1 amide bonds. The lowest BCUT2D eigenvalue weighted by Gasteiger charge is -2.36. The molecule has 1 aliphatic heterocycles. The Bertz CT molecular complexity index is 1080. The Morgan fingerprint density at radius 2 is 1.71 bits per heavy atom. The highest BCUT2D eigenvalue weighted by Crippen LogP contribution is 2.20. The fourth-order valence-corrected chi connectivity index (χ4v) is 5.86. The molecule has 0 unspecified atom stereocenters. The molecule has 0 bridgehead atoms. The van der Waals surface area contributed by atoms with Crippen LogP contribution in [0.15, 0.2) is 47.4 Å². The molecule has 0 spiro atoms. The van der Waals surface area contributed by atoms with E-state index >= 15 is 0 Å². The molecular formula is C26H38N4O3S. The summed E-state index contributed by atoms with van der Waals surface area (Å²) in [6.07, 6.45) is 0.854. The van der Waals surface area contributed by atoms with E-state index in [4.69, 9.17) is 0 Å². The molecule has 1 heterocycles. The Kier molecular flexibility index (Phi) is 9.10.